The van der Waals surface area contributed by atoms with Gasteiger partial charge < -0.3 is 9.80 Å². The summed E-state index contributed by atoms with van der Waals surface area (Å²) in [4.78, 5) is 4.85. The summed E-state index contributed by atoms with van der Waals surface area (Å²) in [6.07, 6.45) is 2.56. The van der Waals surface area contributed by atoms with Crippen LogP contribution in [0.25, 0.3) is 0 Å². The zero-order valence-corrected chi connectivity index (χ0v) is 12.6. The third-order valence-electron chi connectivity index (χ3n) is 3.68. The molecule has 18 heavy (non-hydrogen) atoms. The molecule has 0 atom stereocenters. The first-order valence-electron chi connectivity index (χ1n) is 7.15. The molecule has 1 fully saturated rings. The van der Waals surface area contributed by atoms with Crippen molar-refractivity contribution >= 4 is 5.69 Å². The van der Waals surface area contributed by atoms with Crippen molar-refractivity contribution < 1.29 is 0 Å². The molecule has 0 amide bonds. The Morgan fingerprint density at radius 1 is 1.06 bits per heavy atom. The minimum atomic E-state index is 0.707. The van der Waals surface area contributed by atoms with Crippen LogP contribution in [0.5, 0.6) is 0 Å². The Bertz CT molecular complexity index is 323. The number of aryl methyl sites for hydroxylation is 1. The molecule has 0 saturated carbocycles. The van der Waals surface area contributed by atoms with Gasteiger partial charge in [-0.05, 0) is 52.0 Å². The molecular weight excluding hydrogens is 220 g/mol. The van der Waals surface area contributed by atoms with E-state index in [1.807, 2.05) is 13.8 Å². The molecule has 0 spiro atoms. The first kappa shape index (κ1) is 15.0. The minimum absolute atomic E-state index is 0.707. The second kappa shape index (κ2) is 7.42. The van der Waals surface area contributed by atoms with Gasteiger partial charge >= 0.3 is 0 Å². The second-order valence-corrected chi connectivity index (χ2v) is 4.98. The highest BCUT2D eigenvalue weighted by Gasteiger charge is 2.20. The van der Waals surface area contributed by atoms with Crippen LogP contribution in [-0.4, -0.2) is 38.1 Å². The summed E-state index contributed by atoms with van der Waals surface area (Å²) >= 11 is 0. The molecule has 1 aromatic rings. The van der Waals surface area contributed by atoms with Gasteiger partial charge in [-0.25, -0.2) is 0 Å². The van der Waals surface area contributed by atoms with Crippen molar-refractivity contribution in [2.24, 2.45) is 0 Å². The zero-order chi connectivity index (χ0) is 13.5. The summed E-state index contributed by atoms with van der Waals surface area (Å²) in [6.45, 7) is 8.58. The lowest BCUT2D eigenvalue weighted by Crippen LogP contribution is -2.41. The number of likely N-dealkylation sites (tertiary alicyclic amines) is 1. The largest absolute Gasteiger partial charge is 0.372 e. The van der Waals surface area contributed by atoms with Crippen LogP contribution in [0.15, 0.2) is 24.3 Å². The Balaban J connectivity index is 0.000000771. The highest BCUT2D eigenvalue weighted by atomic mass is 15.2. The monoisotopic (exact) mass is 248 g/mol. The maximum atomic E-state index is 2.44. The molecule has 2 rings (SSSR count). The predicted octanol–water partition coefficient (Wildman–Crippen LogP) is 3.55. The Kier molecular flexibility index (Phi) is 6.20. The lowest BCUT2D eigenvalue weighted by atomic mass is 10.0. The average molecular weight is 248 g/mol. The molecule has 1 aromatic carbocycles. The fourth-order valence-corrected chi connectivity index (χ4v) is 2.37. The van der Waals surface area contributed by atoms with E-state index in [1.54, 1.807) is 0 Å². The van der Waals surface area contributed by atoms with Crippen molar-refractivity contribution in [3.63, 3.8) is 0 Å². The van der Waals surface area contributed by atoms with Crippen LogP contribution in [0.1, 0.15) is 32.3 Å². The minimum Gasteiger partial charge on any atom is -0.372 e. The van der Waals surface area contributed by atoms with Crippen LogP contribution in [0.4, 0.5) is 5.69 Å². The molecule has 1 aliphatic heterocycles. The van der Waals surface area contributed by atoms with Gasteiger partial charge in [-0.1, -0.05) is 31.5 Å². The number of nitrogens with zero attached hydrogens (tertiary/aromatic N) is 2. The van der Waals surface area contributed by atoms with Crippen molar-refractivity contribution in [2.75, 3.05) is 32.1 Å². The fourth-order valence-electron chi connectivity index (χ4n) is 2.37. The van der Waals surface area contributed by atoms with E-state index >= 15 is 0 Å². The second-order valence-electron chi connectivity index (χ2n) is 4.98. The molecule has 2 heteroatoms. The Morgan fingerprint density at radius 2 is 1.56 bits per heavy atom. The van der Waals surface area contributed by atoms with Gasteiger partial charge in [0.1, 0.15) is 0 Å². The molecule has 0 unspecified atom stereocenters. The molecule has 1 saturated heterocycles. The predicted molar refractivity (Wildman–Crippen MR) is 81.4 cm³/mol. The summed E-state index contributed by atoms with van der Waals surface area (Å²) in [5, 5.41) is 0. The number of rotatable bonds is 2. The first-order valence-corrected chi connectivity index (χ1v) is 7.15. The van der Waals surface area contributed by atoms with Gasteiger partial charge in [0, 0.05) is 18.8 Å². The molecular formula is C16H28N2. The maximum absolute atomic E-state index is 2.44. The van der Waals surface area contributed by atoms with Crippen LogP contribution in [0.3, 0.4) is 0 Å². The summed E-state index contributed by atoms with van der Waals surface area (Å²) in [7, 11) is 4.43. The zero-order valence-electron chi connectivity index (χ0n) is 12.6. The molecule has 2 nitrogen and oxygen atoms in total. The van der Waals surface area contributed by atoms with E-state index in [9.17, 15) is 0 Å². The lowest BCUT2D eigenvalue weighted by molar-refractivity contribution is 0.253. The van der Waals surface area contributed by atoms with E-state index in [0.29, 0.717) is 6.04 Å². The number of anilines is 1. The summed E-state index contributed by atoms with van der Waals surface area (Å²) < 4.78 is 0. The van der Waals surface area contributed by atoms with Crippen LogP contribution < -0.4 is 4.90 Å². The molecule has 0 aliphatic carbocycles. The van der Waals surface area contributed by atoms with E-state index in [-0.39, 0.29) is 0 Å². The number of piperidine rings is 1. The normalized spacial score (nSPS) is 16.9. The summed E-state index contributed by atoms with van der Waals surface area (Å²) in [5.74, 6) is 0. The highest BCUT2D eigenvalue weighted by Crippen LogP contribution is 2.21. The number of hydrogen-bond donors (Lipinski definition) is 0. The third kappa shape index (κ3) is 4.02. The smallest absolute Gasteiger partial charge is 0.0366 e. The SMILES string of the molecule is CC.Cc1ccc(N(C)C2CCN(C)CC2)cc1. The van der Waals surface area contributed by atoms with Crippen molar-refractivity contribution in [3.8, 4) is 0 Å². The van der Waals surface area contributed by atoms with E-state index in [1.165, 1.54) is 37.2 Å². The van der Waals surface area contributed by atoms with Crippen molar-refractivity contribution in [1.82, 2.24) is 4.90 Å². The van der Waals surface area contributed by atoms with Gasteiger partial charge in [0.05, 0.1) is 0 Å². The Morgan fingerprint density at radius 3 is 2.06 bits per heavy atom. The molecule has 0 N–H and O–H groups in total. The van der Waals surface area contributed by atoms with Crippen LogP contribution in [-0.2, 0) is 0 Å². The average Bonchev–Trinajstić information content (AvgIpc) is 2.42. The van der Waals surface area contributed by atoms with Crippen molar-refractivity contribution in [3.05, 3.63) is 29.8 Å². The van der Waals surface area contributed by atoms with E-state index in [2.05, 4.69) is 55.1 Å². The molecule has 102 valence electrons. The van der Waals surface area contributed by atoms with Gasteiger partial charge in [-0.2, -0.15) is 0 Å². The third-order valence-corrected chi connectivity index (χ3v) is 3.68. The Labute approximate surface area is 113 Å². The van der Waals surface area contributed by atoms with Gasteiger partial charge in [0.2, 0.25) is 0 Å². The Hall–Kier alpha value is -1.02. The molecule has 0 radical (unpaired) electrons. The van der Waals surface area contributed by atoms with Gasteiger partial charge in [0.25, 0.3) is 0 Å². The van der Waals surface area contributed by atoms with Gasteiger partial charge in [-0.3, -0.25) is 0 Å². The topological polar surface area (TPSA) is 6.48 Å². The van der Waals surface area contributed by atoms with Gasteiger partial charge in [0.15, 0.2) is 0 Å². The van der Waals surface area contributed by atoms with Crippen molar-refractivity contribution in [1.29, 1.82) is 0 Å². The molecule has 0 aromatic heterocycles. The van der Waals surface area contributed by atoms with E-state index in [4.69, 9.17) is 0 Å². The maximum Gasteiger partial charge on any atom is 0.0366 e. The quantitative estimate of drug-likeness (QED) is 0.789. The highest BCUT2D eigenvalue weighted by molar-refractivity contribution is 5.47. The van der Waals surface area contributed by atoms with E-state index < -0.39 is 0 Å². The van der Waals surface area contributed by atoms with Gasteiger partial charge in [-0.15, -0.1) is 0 Å². The van der Waals surface area contributed by atoms with Crippen LogP contribution in [0.2, 0.25) is 0 Å². The van der Waals surface area contributed by atoms with E-state index in [0.717, 1.165) is 0 Å². The van der Waals surface area contributed by atoms with Crippen molar-refractivity contribution in [2.45, 2.75) is 39.7 Å². The summed E-state index contributed by atoms with van der Waals surface area (Å²) in [6, 6.07) is 9.56. The summed E-state index contributed by atoms with van der Waals surface area (Å²) in [5.41, 5.74) is 2.68. The standard InChI is InChI=1S/C14H22N2.C2H6/c1-12-4-6-13(7-5-12)16(3)14-8-10-15(2)11-9-14;1-2/h4-7,14H,8-11H2,1-3H3;1-2H3. The fraction of sp³-hybridized carbons (Fsp3) is 0.625. The number of benzene rings is 1. The number of hydrogen-bond acceptors (Lipinski definition) is 2. The van der Waals surface area contributed by atoms with Crippen LogP contribution in [0, 0.1) is 6.92 Å². The first-order chi connectivity index (χ1) is 8.66. The molecule has 1 heterocycles. The van der Waals surface area contributed by atoms with Crippen LogP contribution >= 0.6 is 0 Å². The molecule has 1 aliphatic rings. The molecule has 0 bridgehead atoms. The lowest BCUT2D eigenvalue weighted by Gasteiger charge is -2.36.